The van der Waals surface area contributed by atoms with Crippen LogP contribution in [0.2, 0.25) is 0 Å². The molecule has 31 heavy (non-hydrogen) atoms. The molecule has 0 saturated carbocycles. The first-order valence-electron chi connectivity index (χ1n) is 9.59. The van der Waals surface area contributed by atoms with Crippen molar-refractivity contribution in [2.75, 3.05) is 44.6 Å². The lowest BCUT2D eigenvalue weighted by atomic mass is 10.1. The Bertz CT molecular complexity index is 955. The lowest BCUT2D eigenvalue weighted by molar-refractivity contribution is -0.114. The predicted octanol–water partition coefficient (Wildman–Crippen LogP) is 3.48. The highest BCUT2D eigenvalue weighted by Crippen LogP contribution is 2.34. The highest BCUT2D eigenvalue weighted by molar-refractivity contribution is 7.18. The Hall–Kier alpha value is -3.27. The summed E-state index contributed by atoms with van der Waals surface area (Å²) in [6.07, 6.45) is 0. The van der Waals surface area contributed by atoms with Crippen LogP contribution in [0.1, 0.15) is 39.4 Å². The topological polar surface area (TPSA) is 112 Å². The summed E-state index contributed by atoms with van der Waals surface area (Å²) in [5.41, 5.74) is 1.10. The van der Waals surface area contributed by atoms with Gasteiger partial charge in [-0.05, 0) is 38.5 Å². The van der Waals surface area contributed by atoms with Gasteiger partial charge in [0.2, 0.25) is 5.91 Å². The number of rotatable bonds is 10. The largest absolute Gasteiger partial charge is 0.494 e. The fraction of sp³-hybridized carbons (Fsp3) is 0.381. The highest BCUT2D eigenvalue weighted by Gasteiger charge is 2.26. The van der Waals surface area contributed by atoms with Crippen molar-refractivity contribution in [2.45, 2.75) is 20.8 Å². The molecule has 0 atom stereocenters. The molecule has 10 heteroatoms. The van der Waals surface area contributed by atoms with E-state index in [9.17, 15) is 14.4 Å². The SMILES string of the molecule is CCOc1ccc(OCC)c(NCC(=O)Nc2sc(C(=O)OC)c(C)c2C(=O)OC)c1. The minimum atomic E-state index is -0.657. The molecule has 0 aliphatic heterocycles. The molecule has 1 heterocycles. The average molecular weight is 451 g/mol. The molecule has 9 nitrogen and oxygen atoms in total. The van der Waals surface area contributed by atoms with Crippen molar-refractivity contribution in [1.82, 2.24) is 0 Å². The lowest BCUT2D eigenvalue weighted by Crippen LogP contribution is -2.22. The smallest absolute Gasteiger partial charge is 0.348 e. The van der Waals surface area contributed by atoms with Crippen LogP contribution in [0.25, 0.3) is 0 Å². The molecule has 1 aromatic heterocycles. The second-order valence-electron chi connectivity index (χ2n) is 6.17. The number of esters is 2. The number of hydrogen-bond acceptors (Lipinski definition) is 9. The molecule has 0 saturated heterocycles. The van der Waals surface area contributed by atoms with E-state index in [1.165, 1.54) is 14.2 Å². The summed E-state index contributed by atoms with van der Waals surface area (Å²) >= 11 is 0.953. The number of ether oxygens (including phenoxy) is 4. The van der Waals surface area contributed by atoms with E-state index in [4.69, 9.17) is 18.9 Å². The van der Waals surface area contributed by atoms with Crippen LogP contribution in [0, 0.1) is 6.92 Å². The molecule has 168 valence electrons. The fourth-order valence-electron chi connectivity index (χ4n) is 2.77. The Morgan fingerprint density at radius 1 is 1.00 bits per heavy atom. The molecule has 0 spiro atoms. The molecule has 2 aromatic rings. The molecule has 0 radical (unpaired) electrons. The lowest BCUT2D eigenvalue weighted by Gasteiger charge is -2.14. The molecule has 2 N–H and O–H groups in total. The van der Waals surface area contributed by atoms with Crippen molar-refractivity contribution >= 4 is 39.9 Å². The zero-order valence-electron chi connectivity index (χ0n) is 18.1. The van der Waals surface area contributed by atoms with Gasteiger partial charge in [-0.25, -0.2) is 9.59 Å². The average Bonchev–Trinajstić information content (AvgIpc) is 3.08. The molecule has 0 fully saturated rings. The van der Waals surface area contributed by atoms with Gasteiger partial charge in [0.1, 0.15) is 21.4 Å². The van der Waals surface area contributed by atoms with E-state index in [1.807, 2.05) is 13.8 Å². The Balaban J connectivity index is 2.20. The standard InChI is InChI=1S/C21H26N2O7S/c1-6-29-13-8-9-15(30-7-2)14(10-13)22-11-16(24)23-19-17(20(25)27-4)12(3)18(31-19)21(26)28-5/h8-10,22H,6-7,11H2,1-5H3,(H,23,24). The Morgan fingerprint density at radius 2 is 1.68 bits per heavy atom. The zero-order valence-corrected chi connectivity index (χ0v) is 18.9. The first-order chi connectivity index (χ1) is 14.9. The van der Waals surface area contributed by atoms with Gasteiger partial charge >= 0.3 is 11.9 Å². The summed E-state index contributed by atoms with van der Waals surface area (Å²) in [5.74, 6) is -0.463. The number of hydrogen-bond donors (Lipinski definition) is 2. The van der Waals surface area contributed by atoms with Crippen molar-refractivity contribution in [3.05, 3.63) is 34.2 Å². The minimum Gasteiger partial charge on any atom is -0.494 e. The van der Waals surface area contributed by atoms with Gasteiger partial charge in [0.05, 0.1) is 45.2 Å². The monoisotopic (exact) mass is 450 g/mol. The number of carbonyl (C=O) groups is 3. The number of thiophene rings is 1. The van der Waals surface area contributed by atoms with E-state index in [-0.39, 0.29) is 22.0 Å². The summed E-state index contributed by atoms with van der Waals surface area (Å²) in [6, 6.07) is 5.28. The normalized spacial score (nSPS) is 10.2. The second kappa shape index (κ2) is 11.2. The van der Waals surface area contributed by atoms with Gasteiger partial charge in [-0.2, -0.15) is 0 Å². The summed E-state index contributed by atoms with van der Waals surface area (Å²) in [7, 11) is 2.47. The van der Waals surface area contributed by atoms with E-state index in [1.54, 1.807) is 25.1 Å². The van der Waals surface area contributed by atoms with Crippen LogP contribution in [-0.4, -0.2) is 51.8 Å². The molecule has 1 aromatic carbocycles. The molecule has 0 aliphatic carbocycles. The number of amides is 1. The number of carbonyl (C=O) groups excluding carboxylic acids is 3. The van der Waals surface area contributed by atoms with E-state index in [0.29, 0.717) is 36.0 Å². The van der Waals surface area contributed by atoms with Crippen molar-refractivity contribution in [2.24, 2.45) is 0 Å². The number of anilines is 2. The van der Waals surface area contributed by atoms with Crippen LogP contribution in [0.15, 0.2) is 18.2 Å². The van der Waals surface area contributed by atoms with E-state index < -0.39 is 17.8 Å². The van der Waals surface area contributed by atoms with Crippen molar-refractivity contribution in [3.63, 3.8) is 0 Å². The summed E-state index contributed by atoms with van der Waals surface area (Å²) in [5, 5.41) is 5.89. The van der Waals surface area contributed by atoms with Crippen molar-refractivity contribution < 1.29 is 33.3 Å². The quantitative estimate of drug-likeness (QED) is 0.529. The predicted molar refractivity (Wildman–Crippen MR) is 118 cm³/mol. The van der Waals surface area contributed by atoms with E-state index in [0.717, 1.165) is 11.3 Å². The van der Waals surface area contributed by atoms with Gasteiger partial charge in [0.15, 0.2) is 0 Å². The first-order valence-corrected chi connectivity index (χ1v) is 10.4. The maximum absolute atomic E-state index is 12.6. The minimum absolute atomic E-state index is 0.110. The molecule has 0 aliphatic rings. The van der Waals surface area contributed by atoms with Gasteiger partial charge in [-0.1, -0.05) is 0 Å². The Labute approximate surface area is 184 Å². The second-order valence-corrected chi connectivity index (χ2v) is 7.19. The number of methoxy groups -OCH3 is 2. The highest BCUT2D eigenvalue weighted by atomic mass is 32.1. The summed E-state index contributed by atoms with van der Waals surface area (Å²) in [4.78, 5) is 37.0. The molecular formula is C21H26N2O7S. The maximum atomic E-state index is 12.6. The van der Waals surface area contributed by atoms with Crippen LogP contribution < -0.4 is 20.1 Å². The molecule has 0 bridgehead atoms. The molecular weight excluding hydrogens is 424 g/mol. The van der Waals surface area contributed by atoms with E-state index in [2.05, 4.69) is 10.6 Å². The van der Waals surface area contributed by atoms with Crippen LogP contribution in [0.4, 0.5) is 10.7 Å². The first kappa shape index (κ1) is 24.0. The van der Waals surface area contributed by atoms with E-state index >= 15 is 0 Å². The fourth-order valence-corrected chi connectivity index (χ4v) is 3.90. The van der Waals surface area contributed by atoms with Crippen LogP contribution in [0.3, 0.4) is 0 Å². The Morgan fingerprint density at radius 3 is 2.29 bits per heavy atom. The molecule has 0 unspecified atom stereocenters. The van der Waals surface area contributed by atoms with Crippen LogP contribution >= 0.6 is 11.3 Å². The third-order valence-corrected chi connectivity index (χ3v) is 5.35. The Kier molecular flexibility index (Phi) is 8.68. The zero-order chi connectivity index (χ0) is 23.0. The number of nitrogens with one attached hydrogen (secondary N) is 2. The van der Waals surface area contributed by atoms with Crippen molar-refractivity contribution in [3.8, 4) is 11.5 Å². The third kappa shape index (κ3) is 5.88. The van der Waals surface area contributed by atoms with Gasteiger partial charge in [0, 0.05) is 6.07 Å². The van der Waals surface area contributed by atoms with Gasteiger partial charge in [0.25, 0.3) is 0 Å². The van der Waals surface area contributed by atoms with Crippen molar-refractivity contribution in [1.29, 1.82) is 0 Å². The van der Waals surface area contributed by atoms with Crippen LogP contribution in [0.5, 0.6) is 11.5 Å². The molecule has 1 amide bonds. The maximum Gasteiger partial charge on any atom is 0.348 e. The third-order valence-electron chi connectivity index (χ3n) is 4.16. The number of benzene rings is 1. The van der Waals surface area contributed by atoms with Gasteiger partial charge in [-0.15, -0.1) is 11.3 Å². The van der Waals surface area contributed by atoms with Gasteiger partial charge < -0.3 is 29.6 Å². The van der Waals surface area contributed by atoms with Gasteiger partial charge in [-0.3, -0.25) is 4.79 Å². The molecule has 2 rings (SSSR count). The summed E-state index contributed by atoms with van der Waals surface area (Å²) < 4.78 is 20.6. The van der Waals surface area contributed by atoms with Crippen LogP contribution in [-0.2, 0) is 14.3 Å². The summed E-state index contributed by atoms with van der Waals surface area (Å²) in [6.45, 7) is 6.19.